The highest BCUT2D eigenvalue weighted by Gasteiger charge is 2.26. The number of nitrogens with zero attached hydrogens (tertiary/aromatic N) is 2. The SMILES string of the molecule is CCS(=O)(=O)c1ccc2oc(C3CCN(C)C3)nc2c1. The molecule has 1 aromatic carbocycles. The van der Waals surface area contributed by atoms with Crippen molar-refractivity contribution >= 4 is 20.9 Å². The minimum atomic E-state index is -3.20. The normalized spacial score (nSPS) is 20.8. The molecule has 0 N–H and O–H groups in total. The second-order valence-corrected chi connectivity index (χ2v) is 7.61. The van der Waals surface area contributed by atoms with Gasteiger partial charge in [-0.2, -0.15) is 0 Å². The van der Waals surface area contributed by atoms with E-state index >= 15 is 0 Å². The van der Waals surface area contributed by atoms with Crippen LogP contribution in [0.5, 0.6) is 0 Å². The number of fused-ring (bicyclic) bond motifs is 1. The summed E-state index contributed by atoms with van der Waals surface area (Å²) in [6.45, 7) is 3.62. The van der Waals surface area contributed by atoms with Crippen LogP contribution >= 0.6 is 0 Å². The van der Waals surface area contributed by atoms with Crippen molar-refractivity contribution in [1.29, 1.82) is 0 Å². The maximum atomic E-state index is 11.9. The molecule has 108 valence electrons. The predicted molar refractivity (Wildman–Crippen MR) is 76.6 cm³/mol. The molecule has 2 aromatic rings. The lowest BCUT2D eigenvalue weighted by molar-refractivity contribution is 0.396. The molecule has 0 radical (unpaired) electrons. The second kappa shape index (κ2) is 4.86. The van der Waals surface area contributed by atoms with Crippen molar-refractivity contribution in [2.24, 2.45) is 0 Å². The van der Waals surface area contributed by atoms with Crippen LogP contribution < -0.4 is 0 Å². The van der Waals surface area contributed by atoms with Gasteiger partial charge in [0.2, 0.25) is 0 Å². The van der Waals surface area contributed by atoms with Crippen LogP contribution in [0.4, 0.5) is 0 Å². The third-order valence-electron chi connectivity index (χ3n) is 3.86. The Morgan fingerprint density at radius 2 is 2.25 bits per heavy atom. The number of oxazole rings is 1. The lowest BCUT2D eigenvalue weighted by Gasteiger charge is -2.05. The molecule has 1 fully saturated rings. The minimum absolute atomic E-state index is 0.0939. The van der Waals surface area contributed by atoms with Crippen molar-refractivity contribution in [3.63, 3.8) is 0 Å². The molecule has 1 aliphatic rings. The van der Waals surface area contributed by atoms with Crippen molar-refractivity contribution in [3.8, 4) is 0 Å². The summed E-state index contributed by atoms with van der Waals surface area (Å²) in [5, 5.41) is 0. The van der Waals surface area contributed by atoms with E-state index in [1.54, 1.807) is 25.1 Å². The van der Waals surface area contributed by atoms with Crippen LogP contribution in [0.1, 0.15) is 25.2 Å². The molecular weight excluding hydrogens is 276 g/mol. The van der Waals surface area contributed by atoms with E-state index in [9.17, 15) is 8.42 Å². The Kier molecular flexibility index (Phi) is 3.30. The second-order valence-electron chi connectivity index (χ2n) is 5.33. The topological polar surface area (TPSA) is 63.4 Å². The van der Waals surface area contributed by atoms with Crippen molar-refractivity contribution in [2.45, 2.75) is 24.2 Å². The van der Waals surface area contributed by atoms with E-state index in [2.05, 4.69) is 16.9 Å². The van der Waals surface area contributed by atoms with Crippen molar-refractivity contribution in [1.82, 2.24) is 9.88 Å². The Bertz CT molecular complexity index is 736. The van der Waals surface area contributed by atoms with Crippen LogP contribution in [0.25, 0.3) is 11.1 Å². The van der Waals surface area contributed by atoms with Gasteiger partial charge in [-0.3, -0.25) is 0 Å². The van der Waals surface area contributed by atoms with E-state index in [1.165, 1.54) is 0 Å². The number of hydrogen-bond donors (Lipinski definition) is 0. The zero-order valence-electron chi connectivity index (χ0n) is 11.7. The van der Waals surface area contributed by atoms with E-state index in [1.807, 2.05) is 0 Å². The van der Waals surface area contributed by atoms with Gasteiger partial charge in [0.15, 0.2) is 21.3 Å². The van der Waals surface area contributed by atoms with Crippen molar-refractivity contribution in [2.75, 3.05) is 25.9 Å². The number of benzene rings is 1. The standard InChI is InChI=1S/C14H18N2O3S/c1-3-20(17,18)11-4-5-13-12(8-11)15-14(19-13)10-6-7-16(2)9-10/h4-5,8,10H,3,6-7,9H2,1-2H3. The monoisotopic (exact) mass is 294 g/mol. The lowest BCUT2D eigenvalue weighted by atomic mass is 10.1. The number of aromatic nitrogens is 1. The first kappa shape index (κ1) is 13.6. The third kappa shape index (κ3) is 2.33. The van der Waals surface area contributed by atoms with E-state index < -0.39 is 9.84 Å². The molecule has 1 unspecified atom stereocenters. The fraction of sp³-hybridized carbons (Fsp3) is 0.500. The first-order valence-corrected chi connectivity index (χ1v) is 8.46. The molecule has 1 aromatic heterocycles. The maximum absolute atomic E-state index is 11.9. The van der Waals surface area contributed by atoms with Gasteiger partial charge < -0.3 is 9.32 Å². The molecule has 0 spiro atoms. The Labute approximate surface area is 118 Å². The lowest BCUT2D eigenvalue weighted by Crippen LogP contribution is -2.13. The Balaban J connectivity index is 2.00. The van der Waals surface area contributed by atoms with E-state index in [0.717, 1.165) is 25.4 Å². The average Bonchev–Trinajstić information content (AvgIpc) is 3.03. The molecule has 3 rings (SSSR count). The largest absolute Gasteiger partial charge is 0.440 e. The fourth-order valence-electron chi connectivity index (χ4n) is 2.60. The zero-order chi connectivity index (χ0) is 14.3. The number of likely N-dealkylation sites (tertiary alicyclic amines) is 1. The highest BCUT2D eigenvalue weighted by atomic mass is 32.2. The molecular formula is C14H18N2O3S. The van der Waals surface area contributed by atoms with Gasteiger partial charge in [-0.25, -0.2) is 13.4 Å². The molecule has 6 heteroatoms. The molecule has 1 aliphatic heterocycles. The van der Waals surface area contributed by atoms with E-state index in [0.29, 0.717) is 21.9 Å². The summed E-state index contributed by atoms with van der Waals surface area (Å²) in [4.78, 5) is 7.04. The maximum Gasteiger partial charge on any atom is 0.199 e. The van der Waals surface area contributed by atoms with Gasteiger partial charge in [0.1, 0.15) is 5.52 Å². The summed E-state index contributed by atoms with van der Waals surface area (Å²) in [6, 6.07) is 4.91. The number of hydrogen-bond acceptors (Lipinski definition) is 5. The summed E-state index contributed by atoms with van der Waals surface area (Å²) in [7, 11) is -1.12. The first-order valence-electron chi connectivity index (χ1n) is 6.81. The smallest absolute Gasteiger partial charge is 0.199 e. The van der Waals surface area contributed by atoms with Crippen molar-refractivity contribution < 1.29 is 12.8 Å². The molecule has 0 amide bonds. The summed E-state index contributed by atoms with van der Waals surface area (Å²) in [5.74, 6) is 1.12. The minimum Gasteiger partial charge on any atom is -0.440 e. The highest BCUT2D eigenvalue weighted by molar-refractivity contribution is 7.91. The molecule has 2 heterocycles. The predicted octanol–water partition coefficient (Wildman–Crippen LogP) is 2.04. The zero-order valence-corrected chi connectivity index (χ0v) is 12.5. The molecule has 0 bridgehead atoms. The molecule has 1 saturated heterocycles. The highest BCUT2D eigenvalue weighted by Crippen LogP contribution is 2.29. The fourth-order valence-corrected chi connectivity index (χ4v) is 3.50. The van der Waals surface area contributed by atoms with Crippen LogP contribution in [0.2, 0.25) is 0 Å². The number of rotatable bonds is 3. The van der Waals surface area contributed by atoms with Gasteiger partial charge >= 0.3 is 0 Å². The van der Waals surface area contributed by atoms with Gasteiger partial charge in [0.05, 0.1) is 10.6 Å². The quantitative estimate of drug-likeness (QED) is 0.867. The molecule has 0 saturated carbocycles. The van der Waals surface area contributed by atoms with E-state index in [4.69, 9.17) is 4.42 Å². The van der Waals surface area contributed by atoms with Crippen molar-refractivity contribution in [3.05, 3.63) is 24.1 Å². The Morgan fingerprint density at radius 1 is 1.45 bits per heavy atom. The van der Waals surface area contributed by atoms with Crippen LogP contribution in [0.15, 0.2) is 27.5 Å². The molecule has 5 nitrogen and oxygen atoms in total. The first-order chi connectivity index (χ1) is 9.49. The van der Waals surface area contributed by atoms with Gasteiger partial charge in [-0.05, 0) is 38.2 Å². The number of sulfone groups is 1. The van der Waals surface area contributed by atoms with Gasteiger partial charge in [-0.1, -0.05) is 6.92 Å². The van der Waals surface area contributed by atoms with Crippen LogP contribution in [0.3, 0.4) is 0 Å². The number of likely N-dealkylation sites (N-methyl/N-ethyl adjacent to an activating group) is 1. The van der Waals surface area contributed by atoms with Crippen LogP contribution in [0, 0.1) is 0 Å². The summed E-state index contributed by atoms with van der Waals surface area (Å²) in [6.07, 6.45) is 1.03. The average molecular weight is 294 g/mol. The summed E-state index contributed by atoms with van der Waals surface area (Å²) < 4.78 is 29.5. The summed E-state index contributed by atoms with van der Waals surface area (Å²) in [5.41, 5.74) is 1.29. The Morgan fingerprint density at radius 3 is 2.90 bits per heavy atom. The van der Waals surface area contributed by atoms with E-state index in [-0.39, 0.29) is 5.75 Å². The summed E-state index contributed by atoms with van der Waals surface area (Å²) >= 11 is 0. The van der Waals surface area contributed by atoms with Gasteiger partial charge in [0.25, 0.3) is 0 Å². The molecule has 1 atom stereocenters. The molecule has 20 heavy (non-hydrogen) atoms. The van der Waals surface area contributed by atoms with Gasteiger partial charge in [-0.15, -0.1) is 0 Å². The van der Waals surface area contributed by atoms with Crippen LogP contribution in [-0.4, -0.2) is 44.2 Å². The van der Waals surface area contributed by atoms with Gasteiger partial charge in [0, 0.05) is 12.5 Å². The molecule has 0 aliphatic carbocycles. The third-order valence-corrected chi connectivity index (χ3v) is 5.59. The Hall–Kier alpha value is -1.40. The van der Waals surface area contributed by atoms with Crippen LogP contribution in [-0.2, 0) is 9.84 Å².